The third kappa shape index (κ3) is 6.64. The summed E-state index contributed by atoms with van der Waals surface area (Å²) in [6.07, 6.45) is 0. The topological polar surface area (TPSA) is 109 Å². The first-order valence-electron chi connectivity index (χ1n) is 12.4. The first-order valence-corrected chi connectivity index (χ1v) is 13.2. The number of aromatic nitrogens is 2. The number of nitrogens with zero attached hydrogens (tertiary/aromatic N) is 2. The molecule has 0 aliphatic carbocycles. The van der Waals surface area contributed by atoms with Crippen molar-refractivity contribution >= 4 is 51.9 Å². The Morgan fingerprint density at radius 1 is 0.868 bits per heavy atom. The van der Waals surface area contributed by atoms with E-state index in [9.17, 15) is 4.79 Å². The highest BCUT2D eigenvalue weighted by Crippen LogP contribution is 2.32. The van der Waals surface area contributed by atoms with Gasteiger partial charge in [0.05, 0.1) is 31.2 Å². The van der Waals surface area contributed by atoms with Crippen LogP contribution in [0.4, 0.5) is 23.0 Å². The third-order valence-corrected chi connectivity index (χ3v) is 6.49. The molecule has 0 spiro atoms. The molecule has 1 saturated heterocycles. The van der Waals surface area contributed by atoms with Gasteiger partial charge in [0.2, 0.25) is 5.91 Å². The maximum atomic E-state index is 12.3. The van der Waals surface area contributed by atoms with Crippen LogP contribution in [-0.2, 0) is 4.79 Å². The fourth-order valence-electron chi connectivity index (χ4n) is 3.64. The van der Waals surface area contributed by atoms with E-state index < -0.39 is 0 Å². The van der Waals surface area contributed by atoms with E-state index in [-0.39, 0.29) is 11.8 Å². The van der Waals surface area contributed by atoms with Crippen LogP contribution >= 0.6 is 11.9 Å². The quantitative estimate of drug-likeness (QED) is 0.202. The van der Waals surface area contributed by atoms with Crippen molar-refractivity contribution in [1.82, 2.24) is 15.3 Å². The average Bonchev–Trinajstić information content (AvgIpc) is 2.92. The summed E-state index contributed by atoms with van der Waals surface area (Å²) in [5.74, 6) is 2.49. The van der Waals surface area contributed by atoms with E-state index in [4.69, 9.17) is 19.4 Å². The Morgan fingerprint density at radius 2 is 1.53 bits per heavy atom. The number of hydrogen-bond acceptors (Lipinski definition) is 9. The minimum atomic E-state index is 0.0242. The predicted molar refractivity (Wildman–Crippen MR) is 155 cm³/mol. The number of ether oxygens (including phenoxy) is 2. The van der Waals surface area contributed by atoms with Crippen LogP contribution in [-0.4, -0.2) is 43.2 Å². The molecule has 0 unspecified atom stereocenters. The summed E-state index contributed by atoms with van der Waals surface area (Å²) >= 11 is 1.39. The second kappa shape index (κ2) is 13.0. The van der Waals surface area contributed by atoms with Crippen LogP contribution in [0.3, 0.4) is 0 Å². The van der Waals surface area contributed by atoms with Gasteiger partial charge < -0.3 is 30.1 Å². The fourth-order valence-corrected chi connectivity index (χ4v) is 4.33. The maximum Gasteiger partial charge on any atom is 0.230 e. The Labute approximate surface area is 226 Å². The number of anilines is 4. The molecule has 2 heterocycles. The summed E-state index contributed by atoms with van der Waals surface area (Å²) < 4.78 is 14.1. The number of carbonyl (C=O) groups excluding carboxylic acids is 1. The van der Waals surface area contributed by atoms with Gasteiger partial charge in [0.25, 0.3) is 0 Å². The normalized spacial score (nSPS) is 12.5. The van der Waals surface area contributed by atoms with Crippen molar-refractivity contribution < 1.29 is 14.3 Å². The van der Waals surface area contributed by atoms with Gasteiger partial charge >= 0.3 is 0 Å². The van der Waals surface area contributed by atoms with E-state index in [1.165, 1.54) is 11.9 Å². The average molecular weight is 533 g/mol. The van der Waals surface area contributed by atoms with E-state index in [0.717, 1.165) is 40.4 Å². The van der Waals surface area contributed by atoms with Crippen molar-refractivity contribution in [3.63, 3.8) is 0 Å². The zero-order chi connectivity index (χ0) is 26.9. The van der Waals surface area contributed by atoms with Crippen molar-refractivity contribution in [2.45, 2.75) is 18.7 Å². The van der Waals surface area contributed by atoms with Gasteiger partial charge in [-0.3, -0.25) is 4.79 Å². The van der Waals surface area contributed by atoms with Crippen molar-refractivity contribution in [2.24, 2.45) is 5.92 Å². The van der Waals surface area contributed by atoms with Gasteiger partial charge in [0.15, 0.2) is 11.6 Å². The van der Waals surface area contributed by atoms with Gasteiger partial charge in [-0.15, -0.1) is 0 Å². The minimum absolute atomic E-state index is 0.0242. The second-order valence-electron chi connectivity index (χ2n) is 8.21. The van der Waals surface area contributed by atoms with Crippen LogP contribution in [0.2, 0.25) is 0 Å². The van der Waals surface area contributed by atoms with Gasteiger partial charge in [-0.25, -0.2) is 9.97 Å². The van der Waals surface area contributed by atoms with Crippen molar-refractivity contribution in [3.8, 4) is 11.5 Å². The summed E-state index contributed by atoms with van der Waals surface area (Å²) in [7, 11) is 3.22. The largest absolute Gasteiger partial charge is 0.497 e. The SMILES string of the molecule is CC.COc1cc(Nc2nc3ccccc3nc2NSc2cccc(NC(=O)C3CNC3)c2)cc(OC)c1. The third-order valence-electron chi connectivity index (χ3n) is 5.70. The van der Waals surface area contributed by atoms with Crippen LogP contribution in [0.1, 0.15) is 13.8 Å². The minimum Gasteiger partial charge on any atom is -0.497 e. The molecule has 1 fully saturated rings. The lowest BCUT2D eigenvalue weighted by molar-refractivity contribution is -0.121. The van der Waals surface area contributed by atoms with Crippen LogP contribution < -0.4 is 30.1 Å². The van der Waals surface area contributed by atoms with Crippen LogP contribution in [0.15, 0.2) is 71.6 Å². The highest BCUT2D eigenvalue weighted by molar-refractivity contribution is 8.00. The van der Waals surface area contributed by atoms with Gasteiger partial charge in [-0.1, -0.05) is 32.0 Å². The molecule has 198 valence electrons. The van der Waals surface area contributed by atoms with Gasteiger partial charge in [-0.05, 0) is 42.3 Å². The molecule has 0 atom stereocenters. The molecule has 0 radical (unpaired) electrons. The number of nitrogens with one attached hydrogen (secondary N) is 4. The molecule has 0 bridgehead atoms. The van der Waals surface area contributed by atoms with Gasteiger partial charge in [-0.2, -0.15) is 0 Å². The summed E-state index contributed by atoms with van der Waals surface area (Å²) in [4.78, 5) is 22.8. The fraction of sp³-hybridized carbons (Fsp3) is 0.250. The van der Waals surface area contributed by atoms with E-state index in [1.807, 2.05) is 74.5 Å². The van der Waals surface area contributed by atoms with E-state index in [0.29, 0.717) is 23.1 Å². The van der Waals surface area contributed by atoms with E-state index >= 15 is 0 Å². The molecule has 1 amide bonds. The van der Waals surface area contributed by atoms with Crippen molar-refractivity contribution in [2.75, 3.05) is 42.7 Å². The van der Waals surface area contributed by atoms with Crippen LogP contribution in [0.5, 0.6) is 11.5 Å². The lowest BCUT2D eigenvalue weighted by atomic mass is 10.0. The smallest absolute Gasteiger partial charge is 0.230 e. The Morgan fingerprint density at radius 3 is 2.13 bits per heavy atom. The molecule has 3 aromatic carbocycles. The predicted octanol–water partition coefficient (Wildman–Crippen LogP) is 5.69. The lowest BCUT2D eigenvalue weighted by Gasteiger charge is -2.25. The number of rotatable bonds is 9. The summed E-state index contributed by atoms with van der Waals surface area (Å²) in [6, 6.07) is 20.9. The van der Waals surface area contributed by atoms with Crippen LogP contribution in [0, 0.1) is 5.92 Å². The molecule has 9 nitrogen and oxygen atoms in total. The summed E-state index contributed by atoms with van der Waals surface area (Å²) in [5.41, 5.74) is 3.04. The zero-order valence-electron chi connectivity index (χ0n) is 21.9. The summed E-state index contributed by atoms with van der Waals surface area (Å²) in [5, 5.41) is 9.45. The lowest BCUT2D eigenvalue weighted by Crippen LogP contribution is -2.48. The Hall–Kier alpha value is -4.02. The molecular formula is C28H32N6O3S. The monoisotopic (exact) mass is 532 g/mol. The van der Waals surface area contributed by atoms with Crippen LogP contribution in [0.25, 0.3) is 11.0 Å². The Kier molecular flexibility index (Phi) is 9.23. The number of amides is 1. The molecule has 10 heteroatoms. The molecule has 38 heavy (non-hydrogen) atoms. The first-order chi connectivity index (χ1) is 18.6. The number of methoxy groups -OCH3 is 2. The zero-order valence-corrected chi connectivity index (χ0v) is 22.7. The van der Waals surface area contributed by atoms with Gasteiger partial charge in [0, 0.05) is 47.6 Å². The Balaban J connectivity index is 0.00000164. The number of hydrogen-bond donors (Lipinski definition) is 4. The standard InChI is InChI=1S/C26H26N6O3S.C2H6/c1-34-19-10-18(11-20(13-19)35-2)28-24-25(31-23-9-4-3-8-22(23)30-24)32-36-21-7-5-6-17(12-21)29-26(33)16-14-27-15-16;1-2/h3-13,16,27H,14-15H2,1-2H3,(H,28,30)(H,29,33)(H,31,32);1-2H3. The molecule has 1 aliphatic rings. The molecular weight excluding hydrogens is 500 g/mol. The molecule has 1 aliphatic heterocycles. The van der Waals surface area contributed by atoms with Crippen molar-refractivity contribution in [3.05, 3.63) is 66.7 Å². The second-order valence-corrected chi connectivity index (χ2v) is 9.09. The number of fused-ring (bicyclic) bond motifs is 1. The molecule has 5 rings (SSSR count). The molecule has 1 aromatic heterocycles. The number of carbonyl (C=O) groups is 1. The maximum absolute atomic E-state index is 12.3. The number of para-hydroxylation sites is 2. The number of benzene rings is 3. The molecule has 0 saturated carbocycles. The van der Waals surface area contributed by atoms with E-state index in [2.05, 4.69) is 20.7 Å². The first kappa shape index (κ1) is 27.0. The van der Waals surface area contributed by atoms with Gasteiger partial charge in [0.1, 0.15) is 11.5 Å². The Bertz CT molecular complexity index is 1370. The highest BCUT2D eigenvalue weighted by atomic mass is 32.2. The summed E-state index contributed by atoms with van der Waals surface area (Å²) in [6.45, 7) is 5.44. The molecule has 4 N–H and O–H groups in total. The van der Waals surface area contributed by atoms with Crippen molar-refractivity contribution in [1.29, 1.82) is 0 Å². The van der Waals surface area contributed by atoms with E-state index in [1.54, 1.807) is 20.3 Å². The molecule has 4 aromatic rings. The highest BCUT2D eigenvalue weighted by Gasteiger charge is 2.24.